The first kappa shape index (κ1) is 15.5. The maximum absolute atomic E-state index is 5.80. The number of benzene rings is 1. The van der Waals surface area contributed by atoms with Crippen molar-refractivity contribution in [1.29, 1.82) is 0 Å². The molecule has 0 spiro atoms. The fourth-order valence-electron chi connectivity index (χ4n) is 3.35. The van der Waals surface area contributed by atoms with Crippen LogP contribution in [0, 0.1) is 0 Å². The van der Waals surface area contributed by atoms with Gasteiger partial charge in [-0.3, -0.25) is 4.90 Å². The lowest BCUT2D eigenvalue weighted by atomic mass is 10.1. The molecular weight excluding hydrogens is 304 g/mol. The highest BCUT2D eigenvalue weighted by molar-refractivity contribution is 5.81. The van der Waals surface area contributed by atoms with Crippen LogP contribution in [0.3, 0.4) is 0 Å². The lowest BCUT2D eigenvalue weighted by molar-refractivity contribution is 0.175. The quantitative estimate of drug-likeness (QED) is 0.766. The smallest absolute Gasteiger partial charge is 0.251 e. The van der Waals surface area contributed by atoms with Crippen LogP contribution in [0.4, 0.5) is 5.69 Å². The summed E-state index contributed by atoms with van der Waals surface area (Å²) in [7, 11) is 0. The van der Waals surface area contributed by atoms with Gasteiger partial charge in [-0.25, -0.2) is 4.99 Å². The fourth-order valence-corrected chi connectivity index (χ4v) is 3.35. The Bertz CT molecular complexity index is 561. The lowest BCUT2D eigenvalue weighted by Crippen LogP contribution is -2.54. The van der Waals surface area contributed by atoms with Crippen LogP contribution in [0.5, 0.6) is 5.75 Å². The Morgan fingerprint density at radius 2 is 1.96 bits per heavy atom. The molecule has 7 nitrogen and oxygen atoms in total. The number of aliphatic imine (C=N–C) groups is 1. The van der Waals surface area contributed by atoms with Gasteiger partial charge in [-0.2, -0.15) is 0 Å². The molecule has 0 aliphatic carbocycles. The van der Waals surface area contributed by atoms with Crippen molar-refractivity contribution in [3.05, 3.63) is 24.3 Å². The molecule has 130 valence electrons. The van der Waals surface area contributed by atoms with Gasteiger partial charge in [0.2, 0.25) is 0 Å². The molecule has 1 fully saturated rings. The Kier molecular flexibility index (Phi) is 4.71. The van der Waals surface area contributed by atoms with Crippen molar-refractivity contribution in [3.63, 3.8) is 0 Å². The molecule has 1 aromatic carbocycles. The summed E-state index contributed by atoms with van der Waals surface area (Å²) in [5.74, 6) is 1.66. The summed E-state index contributed by atoms with van der Waals surface area (Å²) in [6.07, 6.45) is 3.82. The van der Waals surface area contributed by atoms with E-state index in [4.69, 9.17) is 4.74 Å². The number of para-hydroxylation sites is 2. The van der Waals surface area contributed by atoms with Gasteiger partial charge >= 0.3 is 0 Å². The van der Waals surface area contributed by atoms with Gasteiger partial charge in [-0.05, 0) is 38.1 Å². The van der Waals surface area contributed by atoms with Gasteiger partial charge in [0.25, 0.3) is 6.35 Å². The van der Waals surface area contributed by atoms with Crippen LogP contribution >= 0.6 is 0 Å². The summed E-state index contributed by atoms with van der Waals surface area (Å²) >= 11 is 0. The number of likely N-dealkylation sites (tertiary alicyclic amines) is 1. The number of rotatable bonds is 4. The molecule has 0 radical (unpaired) electrons. The van der Waals surface area contributed by atoms with Crippen LogP contribution in [-0.4, -0.2) is 61.6 Å². The molecule has 0 saturated carbocycles. The van der Waals surface area contributed by atoms with E-state index in [9.17, 15) is 0 Å². The Hall–Kier alpha value is -1.99. The minimum atomic E-state index is -0.270. The van der Waals surface area contributed by atoms with E-state index >= 15 is 0 Å². The summed E-state index contributed by atoms with van der Waals surface area (Å²) in [6, 6.07) is 7.94. The highest BCUT2D eigenvalue weighted by Gasteiger charge is 2.23. The molecule has 0 aromatic heterocycles. The molecule has 4 rings (SSSR count). The predicted molar refractivity (Wildman–Crippen MR) is 94.9 cm³/mol. The van der Waals surface area contributed by atoms with E-state index < -0.39 is 0 Å². The number of guanidine groups is 1. The van der Waals surface area contributed by atoms with Gasteiger partial charge < -0.3 is 25.6 Å². The number of hydrogen-bond acceptors (Lipinski definition) is 7. The van der Waals surface area contributed by atoms with Crippen molar-refractivity contribution in [1.82, 2.24) is 20.4 Å². The van der Waals surface area contributed by atoms with E-state index in [0.29, 0.717) is 0 Å². The molecule has 3 N–H and O–H groups in total. The molecule has 7 heteroatoms. The minimum Gasteiger partial charge on any atom is -0.450 e. The summed E-state index contributed by atoms with van der Waals surface area (Å²) < 4.78 is 5.80. The van der Waals surface area contributed by atoms with E-state index in [0.717, 1.165) is 43.8 Å². The van der Waals surface area contributed by atoms with Gasteiger partial charge in [0.05, 0.1) is 19.0 Å². The van der Waals surface area contributed by atoms with Gasteiger partial charge in [0, 0.05) is 13.1 Å². The summed E-state index contributed by atoms with van der Waals surface area (Å²) in [5.41, 5.74) is 1.01. The van der Waals surface area contributed by atoms with Crippen LogP contribution in [0.2, 0.25) is 0 Å². The van der Waals surface area contributed by atoms with Crippen molar-refractivity contribution < 1.29 is 4.74 Å². The highest BCUT2D eigenvalue weighted by Crippen LogP contribution is 2.29. The molecule has 1 aromatic rings. The number of piperidine rings is 1. The van der Waals surface area contributed by atoms with Crippen LogP contribution in [0.15, 0.2) is 29.3 Å². The third-order valence-corrected chi connectivity index (χ3v) is 4.77. The highest BCUT2D eigenvalue weighted by atomic mass is 16.5. The molecule has 0 bridgehead atoms. The fraction of sp³-hybridized carbons (Fsp3) is 0.588. The summed E-state index contributed by atoms with van der Waals surface area (Å²) in [5, 5.41) is 9.88. The number of hydrogen-bond donors (Lipinski definition) is 3. The van der Waals surface area contributed by atoms with E-state index in [-0.39, 0.29) is 6.35 Å². The van der Waals surface area contributed by atoms with E-state index in [2.05, 4.69) is 30.7 Å². The first-order valence-corrected chi connectivity index (χ1v) is 8.89. The van der Waals surface area contributed by atoms with E-state index in [1.165, 1.54) is 32.4 Å². The number of fused-ring (bicyclic) bond motifs is 1. The number of anilines is 1. The van der Waals surface area contributed by atoms with E-state index in [1.807, 2.05) is 24.3 Å². The maximum Gasteiger partial charge on any atom is 0.251 e. The minimum absolute atomic E-state index is 0.270. The molecule has 24 heavy (non-hydrogen) atoms. The first-order valence-electron chi connectivity index (χ1n) is 8.89. The zero-order chi connectivity index (χ0) is 16.2. The second kappa shape index (κ2) is 7.27. The van der Waals surface area contributed by atoms with Crippen LogP contribution in [-0.2, 0) is 0 Å². The molecule has 1 unspecified atom stereocenters. The molecule has 3 aliphatic rings. The predicted octanol–water partition coefficient (Wildman–Crippen LogP) is 1.03. The molecule has 1 saturated heterocycles. The third-order valence-electron chi connectivity index (χ3n) is 4.77. The van der Waals surface area contributed by atoms with Crippen molar-refractivity contribution in [2.75, 3.05) is 44.8 Å². The topological polar surface area (TPSA) is 64.2 Å². The van der Waals surface area contributed by atoms with Crippen LogP contribution in [0.25, 0.3) is 0 Å². The molecule has 3 heterocycles. The van der Waals surface area contributed by atoms with Gasteiger partial charge in [0.15, 0.2) is 5.96 Å². The van der Waals surface area contributed by atoms with Gasteiger partial charge in [-0.15, -0.1) is 0 Å². The second-order valence-corrected chi connectivity index (χ2v) is 6.56. The number of nitrogens with zero attached hydrogens (tertiary/aromatic N) is 3. The molecular formula is C17H26N6O. The van der Waals surface area contributed by atoms with Crippen molar-refractivity contribution in [2.24, 2.45) is 4.99 Å². The second-order valence-electron chi connectivity index (χ2n) is 6.56. The summed E-state index contributed by atoms with van der Waals surface area (Å²) in [6.45, 7) is 6.25. The van der Waals surface area contributed by atoms with Crippen LogP contribution < -0.4 is 20.7 Å². The van der Waals surface area contributed by atoms with Crippen molar-refractivity contribution in [2.45, 2.75) is 25.6 Å². The Morgan fingerprint density at radius 3 is 2.75 bits per heavy atom. The Labute approximate surface area is 143 Å². The van der Waals surface area contributed by atoms with Crippen molar-refractivity contribution >= 4 is 11.6 Å². The Balaban J connectivity index is 1.21. The van der Waals surface area contributed by atoms with E-state index in [1.54, 1.807) is 0 Å². The molecule has 0 amide bonds. The lowest BCUT2D eigenvalue weighted by Gasteiger charge is -2.32. The zero-order valence-electron chi connectivity index (χ0n) is 14.0. The average molecular weight is 330 g/mol. The molecule has 1 atom stereocenters. The van der Waals surface area contributed by atoms with Gasteiger partial charge in [0.1, 0.15) is 5.75 Å². The number of ether oxygens (including phenoxy) is 1. The van der Waals surface area contributed by atoms with Crippen molar-refractivity contribution in [3.8, 4) is 5.75 Å². The average Bonchev–Trinajstić information content (AvgIpc) is 3.04. The monoisotopic (exact) mass is 330 g/mol. The third kappa shape index (κ3) is 3.73. The number of nitrogens with one attached hydrogen (secondary N) is 3. The largest absolute Gasteiger partial charge is 0.450 e. The van der Waals surface area contributed by atoms with Crippen LogP contribution in [0.1, 0.15) is 19.3 Å². The molecule has 3 aliphatic heterocycles. The van der Waals surface area contributed by atoms with Gasteiger partial charge in [-0.1, -0.05) is 18.6 Å². The normalized spacial score (nSPS) is 24.3. The maximum atomic E-state index is 5.80. The zero-order valence-corrected chi connectivity index (χ0v) is 14.0. The SMILES string of the molecule is c1ccc2c(c1)NC(NC1=NCN(CCN3CCCCC3)CN1)O2. The first-order chi connectivity index (χ1) is 11.9. The standard InChI is InChI=1S/C17H26N6O/c1-4-8-22(9-5-1)10-11-23-12-18-16(19-13-23)21-17-20-14-6-2-3-7-15(14)24-17/h2-3,6-7,17,20H,1,4-5,8-13H2,(H2,18,19,21). The Morgan fingerprint density at radius 1 is 1.12 bits per heavy atom. The summed E-state index contributed by atoms with van der Waals surface area (Å²) in [4.78, 5) is 9.48.